The van der Waals surface area contributed by atoms with Crippen LogP contribution < -0.4 is 5.46 Å². The Morgan fingerprint density at radius 1 is 0.120 bits per heavy atom. The van der Waals surface area contributed by atoms with Gasteiger partial charge >= 0.3 is 7.12 Å². The van der Waals surface area contributed by atoms with Gasteiger partial charge in [0.15, 0.2) is 0 Å². The molecule has 0 unspecified atom stereocenters. The minimum atomic E-state index is -1.57. The lowest BCUT2D eigenvalue weighted by Gasteiger charge is -2.22. The average Bonchev–Trinajstić information content (AvgIpc) is 0.718. The average molecular weight is 1490 g/mol. The standard InChI is InChI=1S/C80H50.C34H23BO2/c1-7-21-51(22-8-1)69-47-71(53-25-11-3-12-26-53)63-41-43-67-75(49-73(55-29-15-5-16-30-55)65-39-37-61(69)77(63)79(65)67)59-35-19-33-57(45-59)58-34-20-36-60(46-58)76-50-74(56-31-17-6-18-32-56)66-40-38-62-70(52-23-9-2-10-24-52)48-72(54-27-13-4-14-28-54)64-42-44-68(76)80(66)78(62)64;36-35(37)32-21-31(24-14-8-3-9-15-24)27-17-16-25-29(22-10-4-1-5-11-22)20-30(23-12-6-2-7-13-23)26-18-19-28(32)34(27)33(25)26/h1-50H;1-21,36-37H. The molecule has 0 spiro atoms. The summed E-state index contributed by atoms with van der Waals surface area (Å²) in [5, 5.41) is 42.7. The van der Waals surface area contributed by atoms with Crippen molar-refractivity contribution in [2.24, 2.45) is 0 Å². The van der Waals surface area contributed by atoms with Crippen LogP contribution in [0.1, 0.15) is 0 Å². The molecule has 0 fully saturated rings. The summed E-state index contributed by atoms with van der Waals surface area (Å²) in [5.41, 5.74) is 29.1. The lowest BCUT2D eigenvalue weighted by Crippen LogP contribution is -2.30. The second kappa shape index (κ2) is 28.7. The quantitative estimate of drug-likeness (QED) is 0.0892. The molecule has 3 heteroatoms. The van der Waals surface area contributed by atoms with E-state index in [2.05, 4.69) is 388 Å². The molecule has 0 aliphatic carbocycles. The molecule has 0 aliphatic rings. The van der Waals surface area contributed by atoms with Crippen molar-refractivity contribution in [1.29, 1.82) is 0 Å². The highest BCUT2D eigenvalue weighted by atomic mass is 16.4. The van der Waals surface area contributed by atoms with Crippen molar-refractivity contribution in [2.45, 2.75) is 0 Å². The highest BCUT2D eigenvalue weighted by molar-refractivity contribution is 6.63. The molecule has 0 saturated heterocycles. The van der Waals surface area contributed by atoms with E-state index < -0.39 is 7.12 Å². The summed E-state index contributed by atoms with van der Waals surface area (Å²) in [7, 11) is -1.57. The summed E-state index contributed by atoms with van der Waals surface area (Å²) in [5.74, 6) is 0. The molecule has 0 amide bonds. The first-order chi connectivity index (χ1) is 57.9. The van der Waals surface area contributed by atoms with Crippen LogP contribution in [0.15, 0.2) is 431 Å². The fourth-order valence-electron chi connectivity index (χ4n) is 19.1. The van der Waals surface area contributed by atoms with Crippen LogP contribution in [0, 0.1) is 0 Å². The minimum absolute atomic E-state index is 0.520. The molecule has 23 rings (SSSR count). The van der Waals surface area contributed by atoms with E-state index in [1.165, 1.54) is 165 Å². The lowest BCUT2D eigenvalue weighted by atomic mass is 9.73. The molecule has 0 atom stereocenters. The number of hydrogen-bond acceptors (Lipinski definition) is 2. The van der Waals surface area contributed by atoms with Crippen LogP contribution in [0.4, 0.5) is 0 Å². The molecule has 2 N–H and O–H groups in total. The summed E-state index contributed by atoms with van der Waals surface area (Å²) < 4.78 is 0. The SMILES string of the molecule is OB(O)c1cc(-c2ccccc2)c2ccc3c(-c4ccccc4)cc(-c4ccccc4)c4ccc1c2c43.c1ccc(-c2cc(-c3ccccc3)c3ccc4c(-c5cccc(-c6cccc(-c7cc(-c8ccccc8)c8ccc9c(-c%10ccccc%10)cc(-c%10ccccc%10)c%10ccc7c8c9%10)c6)c5)cc(-c5ccccc5)c5ccc2c3c54)cc1. The smallest absolute Gasteiger partial charge is 0.423 e. The largest absolute Gasteiger partial charge is 0.489 e. The molecule has 544 valence electrons. The fourth-order valence-corrected chi connectivity index (χ4v) is 19.1. The zero-order valence-corrected chi connectivity index (χ0v) is 64.0. The number of rotatable bonds is 13. The van der Waals surface area contributed by atoms with E-state index in [1.54, 1.807) is 0 Å². The van der Waals surface area contributed by atoms with Crippen LogP contribution in [0.3, 0.4) is 0 Å². The van der Waals surface area contributed by atoms with Crippen molar-refractivity contribution in [1.82, 2.24) is 0 Å². The van der Waals surface area contributed by atoms with Gasteiger partial charge in [-0.25, -0.2) is 0 Å². The molecule has 2 nitrogen and oxygen atoms in total. The second-order valence-electron chi connectivity index (χ2n) is 30.9. The highest BCUT2D eigenvalue weighted by Crippen LogP contribution is 2.53. The normalized spacial score (nSPS) is 11.7. The Morgan fingerprint density at radius 3 is 0.453 bits per heavy atom. The molecule has 0 aliphatic heterocycles. The maximum Gasteiger partial charge on any atom is 0.489 e. The van der Waals surface area contributed by atoms with Crippen LogP contribution in [0.2, 0.25) is 0 Å². The van der Waals surface area contributed by atoms with Crippen molar-refractivity contribution in [3.8, 4) is 134 Å². The third kappa shape index (κ3) is 11.7. The van der Waals surface area contributed by atoms with Crippen molar-refractivity contribution >= 4 is 110 Å². The van der Waals surface area contributed by atoms with Gasteiger partial charge in [-0.3, -0.25) is 0 Å². The summed E-state index contributed by atoms with van der Waals surface area (Å²) in [6.45, 7) is 0. The Morgan fingerprint density at radius 2 is 0.265 bits per heavy atom. The van der Waals surface area contributed by atoms with E-state index in [0.717, 1.165) is 65.7 Å². The molecular weight excluding hydrogens is 1410 g/mol. The molecule has 0 aromatic heterocycles. The van der Waals surface area contributed by atoms with Crippen molar-refractivity contribution in [3.05, 3.63) is 431 Å². The Labute approximate surface area is 679 Å². The third-order valence-corrected chi connectivity index (χ3v) is 24.4. The Kier molecular flexibility index (Phi) is 16.9. The van der Waals surface area contributed by atoms with Gasteiger partial charge in [0, 0.05) is 0 Å². The molecule has 117 heavy (non-hydrogen) atoms. The molecule has 23 aromatic rings. The van der Waals surface area contributed by atoms with E-state index in [1.807, 2.05) is 42.5 Å². The van der Waals surface area contributed by atoms with Gasteiger partial charge in [0.2, 0.25) is 0 Å². The molecular formula is C114H73BO2. The van der Waals surface area contributed by atoms with E-state index in [9.17, 15) is 10.0 Å². The highest BCUT2D eigenvalue weighted by Gasteiger charge is 2.27. The summed E-state index contributed by atoms with van der Waals surface area (Å²) in [6, 6.07) is 157. The van der Waals surface area contributed by atoms with Gasteiger partial charge in [-0.1, -0.05) is 388 Å². The summed E-state index contributed by atoms with van der Waals surface area (Å²) in [6.07, 6.45) is 0. The predicted molar refractivity (Wildman–Crippen MR) is 499 cm³/mol. The van der Waals surface area contributed by atoms with Crippen LogP contribution in [0.5, 0.6) is 0 Å². The predicted octanol–water partition coefficient (Wildman–Crippen LogP) is 29.7. The molecule has 0 saturated carbocycles. The van der Waals surface area contributed by atoms with Crippen LogP contribution in [-0.4, -0.2) is 17.2 Å². The Bertz CT molecular complexity index is 7190. The van der Waals surface area contributed by atoms with Gasteiger partial charge < -0.3 is 10.0 Å². The van der Waals surface area contributed by atoms with Gasteiger partial charge in [0.1, 0.15) is 0 Å². The number of hydrogen-bond donors (Lipinski definition) is 2. The van der Waals surface area contributed by atoms with Gasteiger partial charge in [-0.15, -0.1) is 0 Å². The van der Waals surface area contributed by atoms with Gasteiger partial charge in [0.25, 0.3) is 0 Å². The van der Waals surface area contributed by atoms with Crippen LogP contribution in [0.25, 0.3) is 230 Å². The van der Waals surface area contributed by atoms with Crippen LogP contribution >= 0.6 is 0 Å². The Balaban J connectivity index is 0.000000186. The van der Waals surface area contributed by atoms with Crippen molar-refractivity contribution in [2.75, 3.05) is 0 Å². The van der Waals surface area contributed by atoms with Crippen molar-refractivity contribution in [3.63, 3.8) is 0 Å². The molecule has 0 heterocycles. The fraction of sp³-hybridized carbons (Fsp3) is 0. The van der Waals surface area contributed by atoms with Gasteiger partial charge in [-0.2, -0.15) is 0 Å². The zero-order valence-electron chi connectivity index (χ0n) is 64.0. The first-order valence-corrected chi connectivity index (χ1v) is 40.3. The maximum atomic E-state index is 10.4. The first-order valence-electron chi connectivity index (χ1n) is 40.3. The summed E-state index contributed by atoms with van der Waals surface area (Å²) >= 11 is 0. The first kappa shape index (κ1) is 68.9. The zero-order chi connectivity index (χ0) is 77.6. The molecule has 0 radical (unpaired) electrons. The molecule has 0 bridgehead atoms. The van der Waals surface area contributed by atoms with Crippen LogP contribution in [-0.2, 0) is 0 Å². The van der Waals surface area contributed by atoms with E-state index in [0.29, 0.717) is 5.46 Å². The van der Waals surface area contributed by atoms with E-state index in [-0.39, 0.29) is 0 Å². The summed E-state index contributed by atoms with van der Waals surface area (Å²) in [4.78, 5) is 0. The third-order valence-electron chi connectivity index (χ3n) is 24.4. The van der Waals surface area contributed by atoms with Crippen molar-refractivity contribution < 1.29 is 10.0 Å². The van der Waals surface area contributed by atoms with Gasteiger partial charge in [0.05, 0.1) is 0 Å². The Hall–Kier alpha value is -14.8. The van der Waals surface area contributed by atoms with Gasteiger partial charge in [-0.05, 0) is 278 Å². The van der Waals surface area contributed by atoms with E-state index >= 15 is 0 Å². The molecule has 23 aromatic carbocycles. The topological polar surface area (TPSA) is 40.5 Å². The van der Waals surface area contributed by atoms with E-state index in [4.69, 9.17) is 0 Å². The second-order valence-corrected chi connectivity index (χ2v) is 30.9. The number of benzene rings is 23. The lowest BCUT2D eigenvalue weighted by molar-refractivity contribution is 0.426. The maximum absolute atomic E-state index is 10.4. The minimum Gasteiger partial charge on any atom is -0.423 e. The monoisotopic (exact) mass is 1480 g/mol.